The normalized spacial score (nSPS) is 15.4. The molecule has 2 aromatic rings. The molecule has 5 unspecified atom stereocenters. The number of thioether (sulfide) groups is 1. The maximum atomic E-state index is 13.1. The van der Waals surface area contributed by atoms with E-state index in [2.05, 4.69) is 33.6 Å². The molecule has 5 atom stereocenters. The number of aromatic amines is 1. The number of aliphatic hydroxyl groups is 1. The molecule has 13 heteroatoms. The Kier molecular flexibility index (Phi) is 11.6. The molecule has 36 heavy (non-hydrogen) atoms. The molecule has 0 bridgehead atoms. The largest absolute Gasteiger partial charge is 0.480 e. The van der Waals surface area contributed by atoms with Gasteiger partial charge < -0.3 is 36.9 Å². The van der Waals surface area contributed by atoms with Crippen LogP contribution in [0.3, 0.4) is 0 Å². The van der Waals surface area contributed by atoms with Gasteiger partial charge in [0.05, 0.1) is 6.10 Å². The molecule has 2 rings (SSSR count). The first-order valence-corrected chi connectivity index (χ1v) is 13.3. The molecule has 0 aliphatic heterocycles. The molecule has 8 N–H and O–H groups in total. The van der Waals surface area contributed by atoms with E-state index in [1.165, 1.54) is 18.7 Å². The Balaban J connectivity index is 2.12. The van der Waals surface area contributed by atoms with Gasteiger partial charge in [0, 0.05) is 29.3 Å². The van der Waals surface area contributed by atoms with Crippen LogP contribution in [-0.2, 0) is 25.6 Å². The molecule has 0 saturated carbocycles. The van der Waals surface area contributed by atoms with E-state index in [-0.39, 0.29) is 18.6 Å². The highest BCUT2D eigenvalue weighted by atomic mass is 32.2. The first-order chi connectivity index (χ1) is 17.1. The standard InChI is InChI=1S/C23H33N5O6S2/c1-12(29)19(24)22(32)28-18(11-35)21(31)26-16(7-8-36-2)20(30)27-17(23(33)34)9-13-10-25-15-6-4-3-5-14(13)15/h3-6,10,12,16-19,25,29,35H,7-9,11,24H2,1-2H3,(H,26,31)(H,27,30)(H,28,32)(H,33,34). The van der Waals surface area contributed by atoms with E-state index >= 15 is 0 Å². The Morgan fingerprint density at radius 3 is 2.28 bits per heavy atom. The Labute approximate surface area is 218 Å². The summed E-state index contributed by atoms with van der Waals surface area (Å²) in [5.41, 5.74) is 7.19. The predicted octanol–water partition coefficient (Wildman–Crippen LogP) is -0.360. The average molecular weight is 540 g/mol. The zero-order valence-electron chi connectivity index (χ0n) is 20.1. The highest BCUT2D eigenvalue weighted by Crippen LogP contribution is 2.19. The number of benzene rings is 1. The molecule has 1 aromatic carbocycles. The summed E-state index contributed by atoms with van der Waals surface area (Å²) in [6, 6.07) is 2.80. The summed E-state index contributed by atoms with van der Waals surface area (Å²) in [6.45, 7) is 1.35. The second-order valence-corrected chi connectivity index (χ2v) is 9.67. The fraction of sp³-hybridized carbons (Fsp3) is 0.478. The molecule has 3 amide bonds. The molecule has 198 valence electrons. The monoisotopic (exact) mass is 539 g/mol. The van der Waals surface area contributed by atoms with Gasteiger partial charge in [-0.3, -0.25) is 14.4 Å². The van der Waals surface area contributed by atoms with Gasteiger partial charge in [-0.05, 0) is 37.0 Å². The van der Waals surface area contributed by atoms with Crippen molar-refractivity contribution >= 4 is 59.0 Å². The minimum absolute atomic E-state index is 0.0425. The van der Waals surface area contributed by atoms with Gasteiger partial charge in [-0.2, -0.15) is 24.4 Å². The Hall–Kier alpha value is -2.74. The van der Waals surface area contributed by atoms with Crippen LogP contribution in [0, 0.1) is 0 Å². The van der Waals surface area contributed by atoms with Crippen LogP contribution in [-0.4, -0.2) is 86.9 Å². The topological polar surface area (TPSA) is 187 Å². The average Bonchev–Trinajstić information content (AvgIpc) is 3.26. The van der Waals surface area contributed by atoms with E-state index in [0.717, 1.165) is 16.5 Å². The van der Waals surface area contributed by atoms with Gasteiger partial charge in [-0.25, -0.2) is 4.79 Å². The number of hydrogen-bond donors (Lipinski definition) is 8. The molecule has 0 radical (unpaired) electrons. The zero-order chi connectivity index (χ0) is 26.8. The number of H-pyrrole nitrogens is 1. The number of hydrogen-bond acceptors (Lipinski definition) is 8. The minimum atomic E-state index is -1.24. The first kappa shape index (κ1) is 29.5. The highest BCUT2D eigenvalue weighted by Gasteiger charge is 2.30. The van der Waals surface area contributed by atoms with Crippen molar-refractivity contribution in [2.75, 3.05) is 17.8 Å². The molecule has 11 nitrogen and oxygen atoms in total. The first-order valence-electron chi connectivity index (χ1n) is 11.3. The van der Waals surface area contributed by atoms with Crippen LogP contribution >= 0.6 is 24.4 Å². The number of amides is 3. The van der Waals surface area contributed by atoms with Crippen molar-refractivity contribution in [1.82, 2.24) is 20.9 Å². The van der Waals surface area contributed by atoms with E-state index < -0.39 is 54.0 Å². The number of carbonyl (C=O) groups is 4. The van der Waals surface area contributed by atoms with Gasteiger partial charge in [-0.15, -0.1) is 0 Å². The Morgan fingerprint density at radius 2 is 1.67 bits per heavy atom. The van der Waals surface area contributed by atoms with Gasteiger partial charge in [0.15, 0.2) is 0 Å². The molecule has 0 saturated heterocycles. The maximum absolute atomic E-state index is 13.1. The number of aromatic nitrogens is 1. The van der Waals surface area contributed by atoms with Crippen LogP contribution in [0.25, 0.3) is 10.9 Å². The van der Waals surface area contributed by atoms with Crippen molar-refractivity contribution in [2.24, 2.45) is 5.73 Å². The minimum Gasteiger partial charge on any atom is -0.480 e. The van der Waals surface area contributed by atoms with E-state index in [0.29, 0.717) is 5.75 Å². The Morgan fingerprint density at radius 1 is 1.06 bits per heavy atom. The number of para-hydroxylation sites is 1. The summed E-state index contributed by atoms with van der Waals surface area (Å²) in [4.78, 5) is 53.1. The smallest absolute Gasteiger partial charge is 0.326 e. The number of nitrogens with one attached hydrogen (secondary N) is 4. The van der Waals surface area contributed by atoms with Crippen LogP contribution in [0.5, 0.6) is 0 Å². The third-order valence-electron chi connectivity index (χ3n) is 5.60. The quantitative estimate of drug-likeness (QED) is 0.150. The highest BCUT2D eigenvalue weighted by molar-refractivity contribution is 7.98. The summed E-state index contributed by atoms with van der Waals surface area (Å²) in [6.07, 6.45) is 2.69. The lowest BCUT2D eigenvalue weighted by molar-refractivity contribution is -0.142. The summed E-state index contributed by atoms with van der Waals surface area (Å²) in [5, 5.41) is 27.6. The second kappa shape index (κ2) is 14.1. The molecule has 0 aliphatic carbocycles. The van der Waals surface area contributed by atoms with Crippen molar-refractivity contribution < 1.29 is 29.4 Å². The number of carbonyl (C=O) groups excluding carboxylic acids is 3. The van der Waals surface area contributed by atoms with Crippen LogP contribution in [0.4, 0.5) is 0 Å². The van der Waals surface area contributed by atoms with Gasteiger partial charge in [0.1, 0.15) is 24.2 Å². The molecule has 0 fully saturated rings. The van der Waals surface area contributed by atoms with Crippen molar-refractivity contribution in [3.8, 4) is 0 Å². The molecule has 0 spiro atoms. The summed E-state index contributed by atoms with van der Waals surface area (Å²) in [7, 11) is 0. The maximum Gasteiger partial charge on any atom is 0.326 e. The van der Waals surface area contributed by atoms with Crippen molar-refractivity contribution in [3.05, 3.63) is 36.0 Å². The lowest BCUT2D eigenvalue weighted by Crippen LogP contribution is -2.58. The van der Waals surface area contributed by atoms with Crippen LogP contribution in [0.1, 0.15) is 18.9 Å². The molecule has 1 heterocycles. The van der Waals surface area contributed by atoms with Gasteiger partial charge in [-0.1, -0.05) is 18.2 Å². The van der Waals surface area contributed by atoms with Crippen LogP contribution in [0.15, 0.2) is 30.5 Å². The zero-order valence-corrected chi connectivity index (χ0v) is 21.8. The van der Waals surface area contributed by atoms with E-state index in [9.17, 15) is 29.4 Å². The summed E-state index contributed by atoms with van der Waals surface area (Å²) < 4.78 is 0. The van der Waals surface area contributed by atoms with E-state index in [1.54, 1.807) is 6.20 Å². The molecular formula is C23H33N5O6S2. The van der Waals surface area contributed by atoms with Gasteiger partial charge in [0.25, 0.3) is 0 Å². The fourth-order valence-corrected chi connectivity index (χ4v) is 4.18. The number of carboxylic acid groups (broad SMARTS) is 1. The lowest BCUT2D eigenvalue weighted by atomic mass is 10.0. The summed E-state index contributed by atoms with van der Waals surface area (Å²) >= 11 is 5.55. The van der Waals surface area contributed by atoms with E-state index in [4.69, 9.17) is 5.73 Å². The SMILES string of the molecule is CSCCC(NC(=O)C(CS)NC(=O)C(N)C(C)O)C(=O)NC(Cc1c[nH]c2ccccc12)C(=O)O. The number of aliphatic hydroxyl groups excluding tert-OH is 1. The molecule has 0 aliphatic rings. The van der Waals surface area contributed by atoms with Crippen molar-refractivity contribution in [3.63, 3.8) is 0 Å². The third kappa shape index (κ3) is 8.15. The molecule has 1 aromatic heterocycles. The molecular weight excluding hydrogens is 506 g/mol. The number of nitrogens with two attached hydrogens (primary N) is 1. The number of aliphatic carboxylic acids is 1. The lowest BCUT2D eigenvalue weighted by Gasteiger charge is -2.25. The van der Waals surface area contributed by atoms with Crippen molar-refractivity contribution in [1.29, 1.82) is 0 Å². The van der Waals surface area contributed by atoms with Crippen LogP contribution < -0.4 is 21.7 Å². The number of fused-ring (bicyclic) bond motifs is 1. The summed E-state index contributed by atoms with van der Waals surface area (Å²) in [5.74, 6) is -2.86. The van der Waals surface area contributed by atoms with Crippen molar-refractivity contribution in [2.45, 2.75) is 50.0 Å². The van der Waals surface area contributed by atoms with E-state index in [1.807, 2.05) is 30.5 Å². The number of thiol groups is 1. The number of carboxylic acids is 1. The number of rotatable bonds is 14. The third-order valence-corrected chi connectivity index (χ3v) is 6.60. The van der Waals surface area contributed by atoms with Gasteiger partial charge in [0.2, 0.25) is 17.7 Å². The Bertz CT molecular complexity index is 1060. The van der Waals surface area contributed by atoms with Crippen LogP contribution in [0.2, 0.25) is 0 Å². The predicted molar refractivity (Wildman–Crippen MR) is 142 cm³/mol. The fourth-order valence-electron chi connectivity index (χ4n) is 3.45. The van der Waals surface area contributed by atoms with Gasteiger partial charge >= 0.3 is 5.97 Å². The second-order valence-electron chi connectivity index (χ2n) is 8.32.